The highest BCUT2D eigenvalue weighted by molar-refractivity contribution is 7.89. The Labute approximate surface area is 152 Å². The fourth-order valence-corrected chi connectivity index (χ4v) is 4.09. The van der Waals surface area contributed by atoms with E-state index in [0.717, 1.165) is 16.3 Å². The van der Waals surface area contributed by atoms with Gasteiger partial charge >= 0.3 is 0 Å². The molecular formula is C19H21FN2O3S. The van der Waals surface area contributed by atoms with Crippen LogP contribution in [0.1, 0.15) is 23.5 Å². The number of sulfonamides is 1. The van der Waals surface area contributed by atoms with Crippen molar-refractivity contribution >= 4 is 15.9 Å². The molecule has 1 amide bonds. The van der Waals surface area contributed by atoms with Gasteiger partial charge in [-0.2, -0.15) is 0 Å². The number of rotatable bonds is 6. The third kappa shape index (κ3) is 3.78. The second-order valence-electron chi connectivity index (χ2n) is 6.61. The van der Waals surface area contributed by atoms with Gasteiger partial charge in [0.1, 0.15) is 5.82 Å². The summed E-state index contributed by atoms with van der Waals surface area (Å²) in [6, 6.07) is 12.8. The Kier molecular flexibility index (Phi) is 5.11. The third-order valence-corrected chi connectivity index (χ3v) is 6.53. The number of carbonyl (C=O) groups excluding carboxylic acids is 1. The minimum absolute atomic E-state index is 0.0938. The van der Waals surface area contributed by atoms with Crippen molar-refractivity contribution in [3.63, 3.8) is 0 Å². The quantitative estimate of drug-likeness (QED) is 0.842. The van der Waals surface area contributed by atoms with E-state index in [1.54, 1.807) is 30.3 Å². The lowest BCUT2D eigenvalue weighted by molar-refractivity contribution is -0.122. The van der Waals surface area contributed by atoms with Gasteiger partial charge in [0.2, 0.25) is 15.9 Å². The summed E-state index contributed by atoms with van der Waals surface area (Å²) < 4.78 is 38.9. The number of hydrogen-bond donors (Lipinski definition) is 1. The minimum atomic E-state index is -3.57. The zero-order chi connectivity index (χ0) is 18.9. The van der Waals surface area contributed by atoms with E-state index in [0.29, 0.717) is 5.56 Å². The number of nitrogens with one attached hydrogen (secondary N) is 1. The van der Waals surface area contributed by atoms with Crippen molar-refractivity contribution < 1.29 is 17.6 Å². The average Bonchev–Trinajstić information content (AvgIpc) is 3.41. The summed E-state index contributed by atoms with van der Waals surface area (Å²) in [6.07, 6.45) is 0.717. The van der Waals surface area contributed by atoms with Crippen LogP contribution in [0.4, 0.5) is 4.39 Å². The second kappa shape index (κ2) is 7.17. The molecule has 1 aliphatic carbocycles. The molecular weight excluding hydrogens is 355 g/mol. The van der Waals surface area contributed by atoms with Crippen molar-refractivity contribution in [3.05, 3.63) is 65.5 Å². The minimum Gasteiger partial charge on any atom is -0.352 e. The van der Waals surface area contributed by atoms with Gasteiger partial charge in [-0.05, 0) is 41.7 Å². The highest BCUT2D eigenvalue weighted by Crippen LogP contribution is 2.47. The first-order chi connectivity index (χ1) is 12.3. The average molecular weight is 376 g/mol. The fourth-order valence-electron chi connectivity index (χ4n) is 2.97. The Morgan fingerprint density at radius 1 is 1.15 bits per heavy atom. The Bertz CT molecular complexity index is 911. The molecule has 0 saturated heterocycles. The molecule has 7 heteroatoms. The molecule has 2 aromatic rings. The highest BCUT2D eigenvalue weighted by atomic mass is 32.2. The molecule has 0 aliphatic heterocycles. The van der Waals surface area contributed by atoms with Crippen molar-refractivity contribution in [1.29, 1.82) is 0 Å². The van der Waals surface area contributed by atoms with Crippen molar-refractivity contribution in [3.8, 4) is 0 Å². The van der Waals surface area contributed by atoms with Crippen LogP contribution < -0.4 is 5.32 Å². The molecule has 2 unspecified atom stereocenters. The summed E-state index contributed by atoms with van der Waals surface area (Å²) in [7, 11) is -0.623. The summed E-state index contributed by atoms with van der Waals surface area (Å²) in [4.78, 5) is 12.6. The molecule has 0 bridgehead atoms. The van der Waals surface area contributed by atoms with Crippen LogP contribution in [0.25, 0.3) is 0 Å². The predicted octanol–water partition coefficient (Wildman–Crippen LogP) is 2.50. The molecule has 2 aromatic carbocycles. The second-order valence-corrected chi connectivity index (χ2v) is 8.73. The number of halogens is 1. The molecule has 2 atom stereocenters. The Morgan fingerprint density at radius 2 is 1.81 bits per heavy atom. The van der Waals surface area contributed by atoms with Crippen LogP contribution >= 0.6 is 0 Å². The smallest absolute Gasteiger partial charge is 0.242 e. The molecule has 0 radical (unpaired) electrons. The molecule has 0 spiro atoms. The third-order valence-electron chi connectivity index (χ3n) is 4.61. The fraction of sp³-hybridized carbons (Fsp3) is 0.316. The van der Waals surface area contributed by atoms with E-state index in [1.165, 1.54) is 32.3 Å². The molecule has 0 heterocycles. The van der Waals surface area contributed by atoms with Gasteiger partial charge in [0.05, 0.1) is 4.90 Å². The van der Waals surface area contributed by atoms with Crippen molar-refractivity contribution in [2.75, 3.05) is 14.1 Å². The van der Waals surface area contributed by atoms with E-state index in [4.69, 9.17) is 0 Å². The lowest BCUT2D eigenvalue weighted by Crippen LogP contribution is -2.28. The number of benzene rings is 2. The summed E-state index contributed by atoms with van der Waals surface area (Å²) >= 11 is 0. The predicted molar refractivity (Wildman–Crippen MR) is 96.4 cm³/mol. The van der Waals surface area contributed by atoms with Gasteiger partial charge in [0, 0.05) is 26.6 Å². The van der Waals surface area contributed by atoms with Gasteiger partial charge in [-0.3, -0.25) is 4.79 Å². The van der Waals surface area contributed by atoms with Gasteiger partial charge in [-0.15, -0.1) is 0 Å². The maximum atomic E-state index is 13.0. The van der Waals surface area contributed by atoms with Gasteiger partial charge in [-0.1, -0.05) is 30.3 Å². The van der Waals surface area contributed by atoms with Gasteiger partial charge in [0.15, 0.2) is 0 Å². The van der Waals surface area contributed by atoms with Crippen LogP contribution in [0.3, 0.4) is 0 Å². The van der Waals surface area contributed by atoms with Crippen molar-refractivity contribution in [1.82, 2.24) is 9.62 Å². The summed E-state index contributed by atoms with van der Waals surface area (Å²) in [5.41, 5.74) is 1.50. The van der Waals surface area contributed by atoms with Crippen molar-refractivity contribution in [2.24, 2.45) is 5.92 Å². The van der Waals surface area contributed by atoms with E-state index in [1.807, 2.05) is 0 Å². The number of nitrogens with zero attached hydrogens (tertiary/aromatic N) is 1. The van der Waals surface area contributed by atoms with Gasteiger partial charge < -0.3 is 5.32 Å². The first kappa shape index (κ1) is 18.5. The standard InChI is InChI=1S/C19H21FN2O3S/c1-22(2)26(24,25)18-6-4-3-5-14(18)12-21-19(23)17-11-16(17)13-7-9-15(20)10-8-13/h3-10,16-17H,11-12H2,1-2H3,(H,21,23). The molecule has 3 rings (SSSR count). The maximum absolute atomic E-state index is 13.0. The molecule has 1 aliphatic rings. The molecule has 1 fully saturated rings. The molecule has 5 nitrogen and oxygen atoms in total. The van der Waals surface area contributed by atoms with Crippen LogP contribution in [0.5, 0.6) is 0 Å². The Balaban J connectivity index is 1.66. The van der Waals surface area contributed by atoms with Crippen LogP contribution in [-0.4, -0.2) is 32.7 Å². The topological polar surface area (TPSA) is 66.5 Å². The molecule has 1 saturated carbocycles. The summed E-state index contributed by atoms with van der Waals surface area (Å²) in [5, 5.41) is 2.83. The van der Waals surface area contributed by atoms with E-state index in [9.17, 15) is 17.6 Å². The first-order valence-electron chi connectivity index (χ1n) is 8.34. The summed E-state index contributed by atoms with van der Waals surface area (Å²) in [6.45, 7) is 0.148. The van der Waals surface area contributed by atoms with Gasteiger partial charge in [-0.25, -0.2) is 17.1 Å². The summed E-state index contributed by atoms with van der Waals surface area (Å²) in [5.74, 6) is -0.472. The first-order valence-corrected chi connectivity index (χ1v) is 9.78. The van der Waals surface area contributed by atoms with Gasteiger partial charge in [0.25, 0.3) is 0 Å². The zero-order valence-electron chi connectivity index (χ0n) is 14.6. The number of amides is 1. The van der Waals surface area contributed by atoms with Crippen molar-refractivity contribution in [2.45, 2.75) is 23.8 Å². The SMILES string of the molecule is CN(C)S(=O)(=O)c1ccccc1CNC(=O)C1CC1c1ccc(F)cc1. The zero-order valence-corrected chi connectivity index (χ0v) is 15.5. The van der Waals surface area contributed by atoms with Crippen LogP contribution in [0, 0.1) is 11.7 Å². The molecule has 1 N–H and O–H groups in total. The van der Waals surface area contributed by atoms with E-state index < -0.39 is 10.0 Å². The monoisotopic (exact) mass is 376 g/mol. The maximum Gasteiger partial charge on any atom is 0.242 e. The van der Waals surface area contributed by atoms with E-state index >= 15 is 0 Å². The Morgan fingerprint density at radius 3 is 2.46 bits per heavy atom. The van der Waals surface area contributed by atoms with Crippen LogP contribution in [-0.2, 0) is 21.4 Å². The lowest BCUT2D eigenvalue weighted by atomic mass is 10.1. The normalized spacial score (nSPS) is 19.4. The number of carbonyl (C=O) groups is 1. The van der Waals surface area contributed by atoms with Crippen LogP contribution in [0.2, 0.25) is 0 Å². The van der Waals surface area contributed by atoms with Crippen LogP contribution in [0.15, 0.2) is 53.4 Å². The lowest BCUT2D eigenvalue weighted by Gasteiger charge is -2.15. The number of hydrogen-bond acceptors (Lipinski definition) is 3. The largest absolute Gasteiger partial charge is 0.352 e. The molecule has 138 valence electrons. The van der Waals surface area contributed by atoms with E-state index in [-0.39, 0.29) is 35.0 Å². The molecule has 0 aromatic heterocycles. The highest BCUT2D eigenvalue weighted by Gasteiger charge is 2.43. The molecule has 26 heavy (non-hydrogen) atoms. The Hall–Kier alpha value is -2.25. The van der Waals surface area contributed by atoms with E-state index in [2.05, 4.69) is 5.32 Å².